The Balaban J connectivity index is 1.50. The second-order valence-electron chi connectivity index (χ2n) is 9.96. The molecule has 1 saturated carbocycles. The van der Waals surface area contributed by atoms with Crippen molar-refractivity contribution in [3.05, 3.63) is 65.4 Å². The minimum atomic E-state index is -0.591. The zero-order valence-electron chi connectivity index (χ0n) is 22.6. The van der Waals surface area contributed by atoms with Gasteiger partial charge in [0.2, 0.25) is 0 Å². The van der Waals surface area contributed by atoms with E-state index in [1.807, 2.05) is 29.8 Å². The van der Waals surface area contributed by atoms with Crippen molar-refractivity contribution in [2.24, 2.45) is 12.8 Å². The van der Waals surface area contributed by atoms with Gasteiger partial charge < -0.3 is 19.8 Å². The molecule has 0 radical (unpaired) electrons. The van der Waals surface area contributed by atoms with Crippen molar-refractivity contribution in [3.63, 3.8) is 0 Å². The molecule has 1 heterocycles. The van der Waals surface area contributed by atoms with E-state index in [0.717, 1.165) is 43.2 Å². The van der Waals surface area contributed by atoms with Gasteiger partial charge in [-0.05, 0) is 49.9 Å². The minimum absolute atomic E-state index is 0.00707. The Hall–Kier alpha value is -4.14. The number of amidine groups is 1. The van der Waals surface area contributed by atoms with Gasteiger partial charge in [0.25, 0.3) is 0 Å². The SMILES string of the molecule is CCOC(=O)CN(C(=O)Oc1ccc2c(c1)c(C(=O)CCc1ccc(C(=N)N)cc1)cn2C)C1CCCCC1. The second-order valence-corrected chi connectivity index (χ2v) is 9.96. The molecule has 39 heavy (non-hydrogen) atoms. The smallest absolute Gasteiger partial charge is 0.416 e. The van der Waals surface area contributed by atoms with E-state index in [4.69, 9.17) is 20.6 Å². The third-order valence-electron chi connectivity index (χ3n) is 7.23. The lowest BCUT2D eigenvalue weighted by atomic mass is 9.94. The number of nitrogens with zero attached hydrogens (tertiary/aromatic N) is 2. The lowest BCUT2D eigenvalue weighted by Gasteiger charge is -2.32. The lowest BCUT2D eigenvalue weighted by molar-refractivity contribution is -0.144. The van der Waals surface area contributed by atoms with Crippen LogP contribution in [0.1, 0.15) is 66.9 Å². The number of benzene rings is 2. The summed E-state index contributed by atoms with van der Waals surface area (Å²) in [7, 11) is 1.87. The summed E-state index contributed by atoms with van der Waals surface area (Å²) in [5.41, 5.74) is 8.55. The van der Waals surface area contributed by atoms with Crippen molar-refractivity contribution in [1.29, 1.82) is 5.41 Å². The van der Waals surface area contributed by atoms with Crippen LogP contribution in [0.5, 0.6) is 5.75 Å². The van der Waals surface area contributed by atoms with Crippen LogP contribution in [0.2, 0.25) is 0 Å². The highest BCUT2D eigenvalue weighted by Gasteiger charge is 2.29. The van der Waals surface area contributed by atoms with Gasteiger partial charge in [-0.1, -0.05) is 43.5 Å². The number of aryl methyl sites for hydroxylation is 2. The molecular weight excluding hydrogens is 496 g/mol. The highest BCUT2D eigenvalue weighted by atomic mass is 16.6. The van der Waals surface area contributed by atoms with E-state index < -0.39 is 12.1 Å². The largest absolute Gasteiger partial charge is 0.465 e. The van der Waals surface area contributed by atoms with Gasteiger partial charge in [-0.15, -0.1) is 0 Å². The average Bonchev–Trinajstić information content (AvgIpc) is 3.26. The molecule has 4 rings (SSSR count). The second kappa shape index (κ2) is 12.6. The topological polar surface area (TPSA) is 128 Å². The summed E-state index contributed by atoms with van der Waals surface area (Å²) in [6, 6.07) is 12.5. The Bertz CT molecular complexity index is 1360. The van der Waals surface area contributed by atoms with Gasteiger partial charge >= 0.3 is 12.1 Å². The molecule has 0 saturated heterocycles. The highest BCUT2D eigenvalue weighted by molar-refractivity contribution is 6.08. The quantitative estimate of drug-likeness (QED) is 0.164. The van der Waals surface area contributed by atoms with Crippen molar-refractivity contribution in [1.82, 2.24) is 9.47 Å². The van der Waals surface area contributed by atoms with Crippen molar-refractivity contribution >= 4 is 34.6 Å². The first-order chi connectivity index (χ1) is 18.8. The van der Waals surface area contributed by atoms with E-state index >= 15 is 0 Å². The van der Waals surface area contributed by atoms with Crippen molar-refractivity contribution in [2.75, 3.05) is 13.2 Å². The standard InChI is InChI=1S/C30H36N4O5/c1-3-38-28(36)19-34(22-7-5-4-6-8-22)30(37)39-23-14-15-26-24(17-23)25(18-33(26)2)27(35)16-11-20-9-12-21(13-10-20)29(31)32/h9-10,12-15,17-18,22H,3-8,11,16,19H2,1-2H3,(H3,31,32). The Morgan fingerprint density at radius 1 is 1.08 bits per heavy atom. The van der Waals surface area contributed by atoms with Crippen LogP contribution in [0, 0.1) is 5.41 Å². The molecule has 2 aromatic carbocycles. The zero-order valence-corrected chi connectivity index (χ0v) is 22.6. The van der Waals surface area contributed by atoms with Gasteiger partial charge in [-0.3, -0.25) is 19.9 Å². The number of aromatic nitrogens is 1. The maximum atomic E-state index is 13.2. The van der Waals surface area contributed by atoms with Gasteiger partial charge in [0.15, 0.2) is 5.78 Å². The molecule has 1 aromatic heterocycles. The molecule has 3 aromatic rings. The number of carbonyl (C=O) groups excluding carboxylic acids is 3. The van der Waals surface area contributed by atoms with Crippen LogP contribution in [0.15, 0.2) is 48.7 Å². The van der Waals surface area contributed by atoms with Crippen LogP contribution in [-0.2, 0) is 23.0 Å². The van der Waals surface area contributed by atoms with E-state index in [0.29, 0.717) is 35.1 Å². The third kappa shape index (κ3) is 6.85. The molecule has 0 spiro atoms. The molecule has 9 nitrogen and oxygen atoms in total. The molecular formula is C30H36N4O5. The first kappa shape index (κ1) is 27.9. The normalized spacial score (nSPS) is 13.7. The fourth-order valence-corrected chi connectivity index (χ4v) is 5.14. The van der Waals surface area contributed by atoms with Crippen LogP contribution in [0.4, 0.5) is 4.79 Å². The number of esters is 1. The molecule has 1 amide bonds. The molecule has 206 valence electrons. The number of nitrogens with two attached hydrogens (primary N) is 1. The summed E-state index contributed by atoms with van der Waals surface area (Å²) >= 11 is 0. The highest BCUT2D eigenvalue weighted by Crippen LogP contribution is 2.28. The Labute approximate surface area is 228 Å². The number of hydrogen-bond donors (Lipinski definition) is 2. The van der Waals surface area contributed by atoms with Crippen LogP contribution in [0.3, 0.4) is 0 Å². The first-order valence-corrected chi connectivity index (χ1v) is 13.5. The van der Waals surface area contributed by atoms with E-state index in [1.54, 1.807) is 37.4 Å². The number of nitrogens with one attached hydrogen (secondary N) is 1. The van der Waals surface area contributed by atoms with Crippen molar-refractivity contribution in [2.45, 2.75) is 57.9 Å². The van der Waals surface area contributed by atoms with E-state index in [1.165, 1.54) is 4.90 Å². The molecule has 3 N–H and O–H groups in total. The minimum Gasteiger partial charge on any atom is -0.465 e. The van der Waals surface area contributed by atoms with Gasteiger partial charge in [0.05, 0.1) is 6.61 Å². The molecule has 9 heteroatoms. The average molecular weight is 533 g/mol. The summed E-state index contributed by atoms with van der Waals surface area (Å²) in [5, 5.41) is 8.22. The monoisotopic (exact) mass is 532 g/mol. The molecule has 1 aliphatic carbocycles. The Morgan fingerprint density at radius 2 is 1.79 bits per heavy atom. The van der Waals surface area contributed by atoms with Crippen LogP contribution < -0.4 is 10.5 Å². The number of Topliss-reactive ketones (excluding diaryl/α,β-unsaturated/α-hetero) is 1. The van der Waals surface area contributed by atoms with E-state index in [2.05, 4.69) is 0 Å². The third-order valence-corrected chi connectivity index (χ3v) is 7.23. The molecule has 0 bridgehead atoms. The zero-order chi connectivity index (χ0) is 27.9. The maximum absolute atomic E-state index is 13.2. The first-order valence-electron chi connectivity index (χ1n) is 13.5. The summed E-state index contributed by atoms with van der Waals surface area (Å²) in [6.07, 6.45) is 6.82. The van der Waals surface area contributed by atoms with Crippen molar-refractivity contribution in [3.8, 4) is 5.75 Å². The number of fused-ring (bicyclic) bond motifs is 1. The summed E-state index contributed by atoms with van der Waals surface area (Å²) in [5.74, 6) is -0.155. The summed E-state index contributed by atoms with van der Waals surface area (Å²) in [6.45, 7) is 1.83. The molecule has 1 fully saturated rings. The summed E-state index contributed by atoms with van der Waals surface area (Å²) < 4.78 is 12.7. The number of nitrogen functional groups attached to an aromatic ring is 1. The summed E-state index contributed by atoms with van der Waals surface area (Å²) in [4.78, 5) is 40.2. The number of rotatable bonds is 10. The van der Waals surface area contributed by atoms with Crippen molar-refractivity contribution < 1.29 is 23.9 Å². The van der Waals surface area contributed by atoms with E-state index in [-0.39, 0.29) is 30.8 Å². The fourth-order valence-electron chi connectivity index (χ4n) is 5.14. The van der Waals surface area contributed by atoms with Gasteiger partial charge in [-0.25, -0.2) is 4.79 Å². The Morgan fingerprint density at radius 3 is 2.46 bits per heavy atom. The number of carbonyl (C=O) groups is 3. The maximum Gasteiger partial charge on any atom is 0.416 e. The number of amides is 1. The molecule has 1 aliphatic rings. The molecule has 0 aliphatic heterocycles. The van der Waals surface area contributed by atoms with Crippen LogP contribution in [-0.4, -0.2) is 52.3 Å². The predicted octanol–water partition coefficient (Wildman–Crippen LogP) is 4.97. The van der Waals surface area contributed by atoms with Crippen LogP contribution >= 0.6 is 0 Å². The number of ether oxygens (including phenoxy) is 2. The number of ketones is 1. The fraction of sp³-hybridized carbons (Fsp3) is 0.400. The number of hydrogen-bond acceptors (Lipinski definition) is 6. The van der Waals surface area contributed by atoms with Crippen LogP contribution in [0.25, 0.3) is 10.9 Å². The molecule has 0 atom stereocenters. The van der Waals surface area contributed by atoms with Gasteiger partial charge in [0.1, 0.15) is 18.1 Å². The van der Waals surface area contributed by atoms with Gasteiger partial charge in [-0.2, -0.15) is 0 Å². The lowest BCUT2D eigenvalue weighted by Crippen LogP contribution is -2.46. The Kier molecular flexibility index (Phi) is 9.01. The van der Waals surface area contributed by atoms with Gasteiger partial charge in [0, 0.05) is 47.7 Å². The molecule has 0 unspecified atom stereocenters. The van der Waals surface area contributed by atoms with E-state index in [9.17, 15) is 14.4 Å². The predicted molar refractivity (Wildman–Crippen MR) is 149 cm³/mol.